The Balaban J connectivity index is 1.91. The van der Waals surface area contributed by atoms with Crippen LogP contribution >= 0.6 is 0 Å². The molecule has 4 heteroatoms. The predicted molar refractivity (Wildman–Crippen MR) is 89.5 cm³/mol. The van der Waals surface area contributed by atoms with E-state index in [0.717, 1.165) is 12.0 Å². The van der Waals surface area contributed by atoms with Crippen LogP contribution in [0, 0.1) is 0 Å². The molecule has 2 atom stereocenters. The summed E-state index contributed by atoms with van der Waals surface area (Å²) >= 11 is 0. The molecule has 2 aromatic carbocycles. The van der Waals surface area contributed by atoms with E-state index in [9.17, 15) is 9.32 Å². The maximum Gasteiger partial charge on any atom is 0.0818 e. The second-order valence-electron chi connectivity index (χ2n) is 5.95. The largest absolute Gasteiger partial charge is 0.389 e. The van der Waals surface area contributed by atoms with Crippen LogP contribution in [0.25, 0.3) is 0 Å². The molecule has 3 nitrogen and oxygen atoms in total. The summed E-state index contributed by atoms with van der Waals surface area (Å²) < 4.78 is 17.4. The molecule has 0 aliphatic heterocycles. The lowest BCUT2D eigenvalue weighted by molar-refractivity contribution is 0.0497. The maximum absolute atomic E-state index is 13.2. The number of hydrogen-bond acceptors (Lipinski definition) is 3. The molecule has 1 unspecified atom stereocenters. The average Bonchev–Trinajstić information content (AvgIpc) is 2.55. The second kappa shape index (κ2) is 5.86. The van der Waals surface area contributed by atoms with E-state index in [2.05, 4.69) is 10.4 Å². The van der Waals surface area contributed by atoms with E-state index in [1.165, 1.54) is 5.56 Å². The van der Waals surface area contributed by atoms with Crippen molar-refractivity contribution in [3.8, 4) is 0 Å². The summed E-state index contributed by atoms with van der Waals surface area (Å²) in [6, 6.07) is 17.4. The molecule has 0 saturated carbocycles. The highest BCUT2D eigenvalue weighted by atomic mass is 32.2. The third-order valence-corrected chi connectivity index (χ3v) is 6.90. The van der Waals surface area contributed by atoms with Gasteiger partial charge in [0.05, 0.1) is 21.1 Å². The molecule has 0 spiro atoms. The van der Waals surface area contributed by atoms with E-state index in [1.54, 1.807) is 7.05 Å². The molecule has 0 fully saturated rings. The first kappa shape index (κ1) is 15.3. The molecular formula is C18H21NO2S. The number of aryl methyl sites for hydroxylation is 1. The summed E-state index contributed by atoms with van der Waals surface area (Å²) in [4.78, 5) is 0.699. The number of hydrogen-bond donors (Lipinski definition) is 1. The molecule has 3 rings (SSSR count). The Morgan fingerprint density at radius 1 is 1.09 bits per heavy atom. The lowest BCUT2D eigenvalue weighted by atomic mass is 9.82. The Bertz CT molecular complexity index is 779. The van der Waals surface area contributed by atoms with Crippen LogP contribution in [0.5, 0.6) is 0 Å². The van der Waals surface area contributed by atoms with Gasteiger partial charge in [0.2, 0.25) is 0 Å². The molecule has 1 aliphatic rings. The number of nitrogens with zero attached hydrogens (tertiary/aromatic N) is 1. The van der Waals surface area contributed by atoms with Gasteiger partial charge in [0.15, 0.2) is 0 Å². The van der Waals surface area contributed by atoms with Gasteiger partial charge in [0, 0.05) is 18.4 Å². The molecule has 0 heterocycles. The summed E-state index contributed by atoms with van der Waals surface area (Å²) in [5.41, 5.74) is 1.48. The van der Waals surface area contributed by atoms with Crippen LogP contribution in [-0.2, 0) is 22.6 Å². The van der Waals surface area contributed by atoms with Gasteiger partial charge in [-0.25, -0.2) is 8.57 Å². The minimum atomic E-state index is -2.59. The molecule has 2 aromatic rings. The SMILES string of the molecule is CN=[S@](=O)(CC1(O)CCc2ccccc2C1)c1ccccc1. The Morgan fingerprint density at radius 2 is 1.73 bits per heavy atom. The zero-order valence-electron chi connectivity index (χ0n) is 12.7. The highest BCUT2D eigenvalue weighted by Crippen LogP contribution is 2.31. The van der Waals surface area contributed by atoms with Gasteiger partial charge in [-0.1, -0.05) is 42.5 Å². The Morgan fingerprint density at radius 3 is 2.41 bits per heavy atom. The fourth-order valence-electron chi connectivity index (χ4n) is 3.16. The number of fused-ring (bicyclic) bond motifs is 1. The first-order valence-corrected chi connectivity index (χ1v) is 9.20. The Hall–Kier alpha value is -1.65. The van der Waals surface area contributed by atoms with E-state index in [-0.39, 0.29) is 5.75 Å². The Kier molecular flexibility index (Phi) is 4.06. The van der Waals surface area contributed by atoms with Crippen molar-refractivity contribution < 1.29 is 9.32 Å². The van der Waals surface area contributed by atoms with Crippen molar-refractivity contribution in [3.63, 3.8) is 0 Å². The molecule has 0 radical (unpaired) electrons. The lowest BCUT2D eigenvalue weighted by Crippen LogP contribution is -2.42. The fraction of sp³-hybridized carbons (Fsp3) is 0.333. The van der Waals surface area contributed by atoms with Gasteiger partial charge >= 0.3 is 0 Å². The Labute approximate surface area is 132 Å². The van der Waals surface area contributed by atoms with E-state index in [1.807, 2.05) is 48.5 Å². The van der Waals surface area contributed by atoms with Crippen molar-refractivity contribution in [2.24, 2.45) is 4.36 Å². The summed E-state index contributed by atoms with van der Waals surface area (Å²) in [5, 5.41) is 11.0. The van der Waals surface area contributed by atoms with E-state index in [4.69, 9.17) is 0 Å². The van der Waals surface area contributed by atoms with Crippen molar-refractivity contribution in [2.45, 2.75) is 29.8 Å². The molecular weight excluding hydrogens is 294 g/mol. The fourth-order valence-corrected chi connectivity index (χ4v) is 5.22. The zero-order valence-corrected chi connectivity index (χ0v) is 13.6. The van der Waals surface area contributed by atoms with Crippen molar-refractivity contribution in [1.82, 2.24) is 0 Å². The van der Waals surface area contributed by atoms with Crippen molar-refractivity contribution in [3.05, 3.63) is 65.7 Å². The highest BCUT2D eigenvalue weighted by molar-refractivity contribution is 7.93. The van der Waals surface area contributed by atoms with Gasteiger partial charge in [-0.3, -0.25) is 0 Å². The van der Waals surface area contributed by atoms with Gasteiger partial charge in [-0.2, -0.15) is 0 Å². The van der Waals surface area contributed by atoms with Gasteiger partial charge in [-0.15, -0.1) is 0 Å². The molecule has 1 aliphatic carbocycles. The minimum Gasteiger partial charge on any atom is -0.389 e. The number of benzene rings is 2. The van der Waals surface area contributed by atoms with E-state index in [0.29, 0.717) is 17.7 Å². The molecule has 22 heavy (non-hydrogen) atoms. The van der Waals surface area contributed by atoms with Crippen molar-refractivity contribution >= 4 is 9.73 Å². The summed E-state index contributed by atoms with van der Waals surface area (Å²) in [6.45, 7) is 0. The second-order valence-corrected chi connectivity index (χ2v) is 8.36. The van der Waals surface area contributed by atoms with Crippen LogP contribution in [0.3, 0.4) is 0 Å². The summed E-state index contributed by atoms with van der Waals surface area (Å²) in [5.74, 6) is 0.189. The molecule has 0 bridgehead atoms. The summed E-state index contributed by atoms with van der Waals surface area (Å²) in [6.07, 6.45) is 1.99. The molecule has 1 N–H and O–H groups in total. The molecule has 0 aromatic heterocycles. The van der Waals surface area contributed by atoms with Crippen LogP contribution in [0.4, 0.5) is 0 Å². The van der Waals surface area contributed by atoms with Crippen LogP contribution in [0.2, 0.25) is 0 Å². The third-order valence-electron chi connectivity index (χ3n) is 4.37. The van der Waals surface area contributed by atoms with Crippen molar-refractivity contribution in [2.75, 3.05) is 12.8 Å². The van der Waals surface area contributed by atoms with Gasteiger partial charge < -0.3 is 5.11 Å². The standard InChI is InChI=1S/C18H21NO2S/c1-19-22(21,17-9-3-2-4-10-17)14-18(20)12-11-15-7-5-6-8-16(15)13-18/h2-10,20H,11-14H2,1H3/t18?,22-/m0/s1. The lowest BCUT2D eigenvalue weighted by Gasteiger charge is -2.34. The molecule has 0 saturated heterocycles. The molecule has 0 amide bonds. The maximum atomic E-state index is 13.2. The summed E-state index contributed by atoms with van der Waals surface area (Å²) in [7, 11) is -1.01. The zero-order chi connectivity index (χ0) is 15.6. The van der Waals surface area contributed by atoms with Crippen molar-refractivity contribution in [1.29, 1.82) is 0 Å². The van der Waals surface area contributed by atoms with Crippen LogP contribution in [-0.4, -0.2) is 27.7 Å². The highest BCUT2D eigenvalue weighted by Gasteiger charge is 2.36. The number of rotatable bonds is 3. The average molecular weight is 315 g/mol. The predicted octanol–water partition coefficient (Wildman–Crippen LogP) is 3.06. The minimum absolute atomic E-state index is 0.189. The smallest absolute Gasteiger partial charge is 0.0818 e. The first-order chi connectivity index (χ1) is 10.5. The van der Waals surface area contributed by atoms with E-state index >= 15 is 0 Å². The monoisotopic (exact) mass is 315 g/mol. The van der Waals surface area contributed by atoms with Gasteiger partial charge in [0.1, 0.15) is 0 Å². The third kappa shape index (κ3) is 2.94. The molecule has 116 valence electrons. The van der Waals surface area contributed by atoms with Gasteiger partial charge in [0.25, 0.3) is 0 Å². The number of aliphatic hydroxyl groups is 1. The topological polar surface area (TPSA) is 49.7 Å². The van der Waals surface area contributed by atoms with Gasteiger partial charge in [-0.05, 0) is 36.1 Å². The van der Waals surface area contributed by atoms with Crippen LogP contribution in [0.15, 0.2) is 63.9 Å². The quantitative estimate of drug-likeness (QED) is 0.946. The van der Waals surface area contributed by atoms with Crippen LogP contribution < -0.4 is 0 Å². The van der Waals surface area contributed by atoms with E-state index < -0.39 is 15.3 Å². The van der Waals surface area contributed by atoms with Crippen LogP contribution in [0.1, 0.15) is 17.5 Å². The normalized spacial score (nSPS) is 23.4. The first-order valence-electron chi connectivity index (χ1n) is 7.52.